The molecule has 148 valence electrons. The lowest BCUT2D eigenvalue weighted by atomic mass is 10.1. The van der Waals surface area contributed by atoms with Gasteiger partial charge in [-0.1, -0.05) is 23.7 Å². The third-order valence-electron chi connectivity index (χ3n) is 3.76. The van der Waals surface area contributed by atoms with Gasteiger partial charge in [-0.05, 0) is 48.4 Å². The number of rotatable bonds is 8. The first kappa shape index (κ1) is 21.2. The number of hydrogen-bond donors (Lipinski definition) is 2. The molecule has 0 spiro atoms. The maximum Gasteiger partial charge on any atom is 0.325 e. The molecule has 28 heavy (non-hydrogen) atoms. The Kier molecular flexibility index (Phi) is 7.83. The van der Waals surface area contributed by atoms with E-state index in [1.807, 2.05) is 6.92 Å². The Morgan fingerprint density at radius 3 is 2.39 bits per heavy atom. The molecule has 0 heterocycles. The largest absolute Gasteiger partial charge is 0.484 e. The van der Waals surface area contributed by atoms with Crippen LogP contribution in [-0.4, -0.2) is 38.0 Å². The van der Waals surface area contributed by atoms with Crippen LogP contribution in [0.25, 0.3) is 0 Å². The number of esters is 1. The van der Waals surface area contributed by atoms with Crippen LogP contribution in [0.5, 0.6) is 5.75 Å². The first-order chi connectivity index (χ1) is 13.4. The van der Waals surface area contributed by atoms with Gasteiger partial charge in [0.25, 0.3) is 5.91 Å². The third kappa shape index (κ3) is 6.92. The Labute approximate surface area is 168 Å². The SMILES string of the molecule is COC(=O)CNC(=O)Cc1ccc(NC(=O)COc2ccc(Cl)c(C)c2)cc1. The lowest BCUT2D eigenvalue weighted by Gasteiger charge is -2.09. The van der Waals surface area contributed by atoms with Gasteiger partial charge in [-0.2, -0.15) is 0 Å². The number of benzene rings is 2. The Hall–Kier alpha value is -3.06. The summed E-state index contributed by atoms with van der Waals surface area (Å²) in [6.45, 7) is 1.54. The molecule has 0 fully saturated rings. The average Bonchev–Trinajstić information content (AvgIpc) is 2.68. The number of anilines is 1. The van der Waals surface area contributed by atoms with Gasteiger partial charge in [-0.3, -0.25) is 14.4 Å². The second kappa shape index (κ2) is 10.3. The van der Waals surface area contributed by atoms with E-state index in [1.165, 1.54) is 7.11 Å². The molecule has 0 saturated carbocycles. The molecule has 0 aliphatic rings. The Morgan fingerprint density at radius 1 is 1.04 bits per heavy atom. The number of amides is 2. The van der Waals surface area contributed by atoms with Gasteiger partial charge in [-0.25, -0.2) is 0 Å². The summed E-state index contributed by atoms with van der Waals surface area (Å²) in [7, 11) is 1.25. The van der Waals surface area contributed by atoms with E-state index >= 15 is 0 Å². The number of carbonyl (C=O) groups is 3. The molecule has 0 bridgehead atoms. The van der Waals surface area contributed by atoms with Crippen LogP contribution in [0.1, 0.15) is 11.1 Å². The van der Waals surface area contributed by atoms with E-state index in [0.717, 1.165) is 11.1 Å². The minimum absolute atomic E-state index is 0.115. The van der Waals surface area contributed by atoms with Gasteiger partial charge in [0.15, 0.2) is 6.61 Å². The van der Waals surface area contributed by atoms with Crippen LogP contribution in [0, 0.1) is 6.92 Å². The summed E-state index contributed by atoms with van der Waals surface area (Å²) in [5.41, 5.74) is 2.19. The lowest BCUT2D eigenvalue weighted by molar-refractivity contribution is -0.141. The van der Waals surface area contributed by atoms with Crippen molar-refractivity contribution in [2.45, 2.75) is 13.3 Å². The van der Waals surface area contributed by atoms with Gasteiger partial charge in [-0.15, -0.1) is 0 Å². The highest BCUT2D eigenvalue weighted by Crippen LogP contribution is 2.21. The van der Waals surface area contributed by atoms with Crippen molar-refractivity contribution in [1.82, 2.24) is 5.32 Å². The molecule has 7 nitrogen and oxygen atoms in total. The minimum Gasteiger partial charge on any atom is -0.484 e. The van der Waals surface area contributed by atoms with Crippen molar-refractivity contribution in [1.29, 1.82) is 0 Å². The highest BCUT2D eigenvalue weighted by atomic mass is 35.5. The highest BCUT2D eigenvalue weighted by Gasteiger charge is 2.08. The van der Waals surface area contributed by atoms with E-state index in [9.17, 15) is 14.4 Å². The molecule has 2 aromatic carbocycles. The first-order valence-corrected chi connectivity index (χ1v) is 8.86. The average molecular weight is 405 g/mol. The van der Waals surface area contributed by atoms with Crippen molar-refractivity contribution in [2.24, 2.45) is 0 Å². The molecule has 0 aliphatic carbocycles. The van der Waals surface area contributed by atoms with E-state index in [2.05, 4.69) is 15.4 Å². The molecule has 0 saturated heterocycles. The fraction of sp³-hybridized carbons (Fsp3) is 0.250. The maximum absolute atomic E-state index is 12.0. The monoisotopic (exact) mass is 404 g/mol. The van der Waals surface area contributed by atoms with E-state index in [0.29, 0.717) is 16.5 Å². The lowest BCUT2D eigenvalue weighted by Crippen LogP contribution is -2.31. The molecule has 2 aromatic rings. The van der Waals surface area contributed by atoms with Crippen LogP contribution in [-0.2, 0) is 25.5 Å². The van der Waals surface area contributed by atoms with Gasteiger partial charge >= 0.3 is 5.97 Å². The topological polar surface area (TPSA) is 93.7 Å². The molecule has 0 aliphatic heterocycles. The fourth-order valence-electron chi connectivity index (χ4n) is 2.25. The number of methoxy groups -OCH3 is 1. The Bertz CT molecular complexity index is 852. The molecule has 2 N–H and O–H groups in total. The number of hydrogen-bond acceptors (Lipinski definition) is 5. The van der Waals surface area contributed by atoms with Crippen LogP contribution in [0.15, 0.2) is 42.5 Å². The van der Waals surface area contributed by atoms with Gasteiger partial charge < -0.3 is 20.1 Å². The van der Waals surface area contributed by atoms with Gasteiger partial charge in [0.1, 0.15) is 12.3 Å². The summed E-state index contributed by atoms with van der Waals surface area (Å²) < 4.78 is 9.90. The van der Waals surface area contributed by atoms with Crippen LogP contribution in [0.3, 0.4) is 0 Å². The summed E-state index contributed by atoms with van der Waals surface area (Å²) in [5.74, 6) is -0.558. The normalized spacial score (nSPS) is 10.1. The molecule has 2 rings (SSSR count). The van der Waals surface area contributed by atoms with Gasteiger partial charge in [0, 0.05) is 10.7 Å². The second-order valence-corrected chi connectivity index (χ2v) is 6.38. The molecular formula is C20H21ClN2O5. The Balaban J connectivity index is 1.79. The number of halogens is 1. The van der Waals surface area contributed by atoms with Crippen molar-refractivity contribution in [3.8, 4) is 5.75 Å². The quantitative estimate of drug-likeness (QED) is 0.659. The van der Waals surface area contributed by atoms with Crippen molar-refractivity contribution in [3.05, 3.63) is 58.6 Å². The van der Waals surface area contributed by atoms with Crippen LogP contribution in [0.2, 0.25) is 5.02 Å². The minimum atomic E-state index is -0.512. The predicted molar refractivity (Wildman–Crippen MR) is 105 cm³/mol. The van der Waals surface area contributed by atoms with Crippen LogP contribution < -0.4 is 15.4 Å². The third-order valence-corrected chi connectivity index (χ3v) is 4.18. The van der Waals surface area contributed by atoms with E-state index in [1.54, 1.807) is 42.5 Å². The first-order valence-electron chi connectivity index (χ1n) is 8.48. The van der Waals surface area contributed by atoms with E-state index in [-0.39, 0.29) is 31.4 Å². The van der Waals surface area contributed by atoms with Crippen LogP contribution >= 0.6 is 11.6 Å². The fourth-order valence-corrected chi connectivity index (χ4v) is 2.37. The molecule has 0 radical (unpaired) electrons. The van der Waals surface area contributed by atoms with Crippen LogP contribution in [0.4, 0.5) is 5.69 Å². The van der Waals surface area contributed by atoms with Gasteiger partial charge in [0.05, 0.1) is 13.5 Å². The van der Waals surface area contributed by atoms with E-state index < -0.39 is 5.97 Å². The van der Waals surface area contributed by atoms with Gasteiger partial charge in [0.2, 0.25) is 5.91 Å². The molecule has 8 heteroatoms. The molecule has 0 unspecified atom stereocenters. The number of nitrogens with one attached hydrogen (secondary N) is 2. The standard InChI is InChI=1S/C20H21ClN2O5/c1-13-9-16(7-8-17(13)21)28-12-19(25)23-15-5-3-14(4-6-15)10-18(24)22-11-20(26)27-2/h3-9H,10-12H2,1-2H3,(H,22,24)(H,23,25). The summed E-state index contributed by atoms with van der Waals surface area (Å²) in [6, 6.07) is 12.0. The Morgan fingerprint density at radius 2 is 1.75 bits per heavy atom. The summed E-state index contributed by atoms with van der Waals surface area (Å²) >= 11 is 5.95. The predicted octanol–water partition coefficient (Wildman–Crippen LogP) is 2.50. The highest BCUT2D eigenvalue weighted by molar-refractivity contribution is 6.31. The number of carbonyl (C=O) groups excluding carboxylic acids is 3. The smallest absolute Gasteiger partial charge is 0.325 e. The van der Waals surface area contributed by atoms with Crippen molar-refractivity contribution in [3.63, 3.8) is 0 Å². The number of ether oxygens (including phenoxy) is 2. The van der Waals surface area contributed by atoms with Crippen molar-refractivity contribution < 1.29 is 23.9 Å². The summed E-state index contributed by atoms with van der Waals surface area (Å²) in [4.78, 5) is 34.8. The zero-order chi connectivity index (χ0) is 20.5. The van der Waals surface area contributed by atoms with Crippen molar-refractivity contribution in [2.75, 3.05) is 25.6 Å². The van der Waals surface area contributed by atoms with E-state index in [4.69, 9.17) is 16.3 Å². The maximum atomic E-state index is 12.0. The molecule has 0 aromatic heterocycles. The molecule has 2 amide bonds. The zero-order valence-corrected chi connectivity index (χ0v) is 16.3. The van der Waals surface area contributed by atoms with Crippen molar-refractivity contribution >= 4 is 35.1 Å². The summed E-state index contributed by atoms with van der Waals surface area (Å²) in [6.07, 6.45) is 0.115. The second-order valence-electron chi connectivity index (χ2n) is 5.97. The molecule has 0 atom stereocenters. The zero-order valence-electron chi connectivity index (χ0n) is 15.6. The number of aryl methyl sites for hydroxylation is 1. The molecular weight excluding hydrogens is 384 g/mol. The summed E-state index contributed by atoms with van der Waals surface area (Å²) in [5, 5.41) is 5.81.